The highest BCUT2D eigenvalue weighted by molar-refractivity contribution is 7.89. The molecule has 0 aromatic heterocycles. The molecule has 0 aliphatic heterocycles. The number of aryl methyl sites for hydroxylation is 2. The number of nitrogens with one attached hydrogen (secondary N) is 1. The normalized spacial score (nSPS) is 11.5. The van der Waals surface area contributed by atoms with Crippen molar-refractivity contribution in [3.63, 3.8) is 0 Å². The van der Waals surface area contributed by atoms with Crippen LogP contribution in [-0.4, -0.2) is 25.2 Å². The van der Waals surface area contributed by atoms with Crippen molar-refractivity contribution in [1.29, 1.82) is 0 Å². The van der Waals surface area contributed by atoms with Gasteiger partial charge in [-0.2, -0.15) is 4.31 Å². The van der Waals surface area contributed by atoms with Crippen LogP contribution in [0.15, 0.2) is 77.7 Å². The highest BCUT2D eigenvalue weighted by Crippen LogP contribution is 2.21. The maximum absolute atomic E-state index is 14.2. The van der Waals surface area contributed by atoms with Gasteiger partial charge in [-0.3, -0.25) is 4.79 Å². The molecule has 3 aromatic rings. The molecule has 0 atom stereocenters. The largest absolute Gasteiger partial charge is 0.325 e. The monoisotopic (exact) mass is 426 g/mol. The van der Waals surface area contributed by atoms with Crippen molar-refractivity contribution in [3.05, 3.63) is 95.3 Å². The Morgan fingerprint density at radius 3 is 2.23 bits per heavy atom. The van der Waals surface area contributed by atoms with Crippen molar-refractivity contribution in [3.8, 4) is 0 Å². The van der Waals surface area contributed by atoms with Crippen molar-refractivity contribution in [2.75, 3.05) is 11.9 Å². The second-order valence-corrected chi connectivity index (χ2v) is 8.98. The van der Waals surface area contributed by atoms with Crippen molar-refractivity contribution in [1.82, 2.24) is 4.31 Å². The van der Waals surface area contributed by atoms with E-state index in [1.165, 1.54) is 30.3 Å². The number of para-hydroxylation sites is 1. The zero-order chi connectivity index (χ0) is 21.7. The smallest absolute Gasteiger partial charge is 0.243 e. The number of amides is 1. The average Bonchev–Trinajstić information content (AvgIpc) is 2.71. The van der Waals surface area contributed by atoms with Crippen LogP contribution in [-0.2, 0) is 21.4 Å². The number of benzene rings is 3. The third kappa shape index (κ3) is 5.11. The van der Waals surface area contributed by atoms with E-state index < -0.39 is 28.3 Å². The van der Waals surface area contributed by atoms with E-state index >= 15 is 0 Å². The Kier molecular flexibility index (Phi) is 6.64. The number of carbonyl (C=O) groups excluding carboxylic acids is 1. The predicted octanol–water partition coefficient (Wildman–Crippen LogP) is 4.27. The molecule has 0 radical (unpaired) electrons. The Morgan fingerprint density at radius 1 is 0.933 bits per heavy atom. The molecule has 1 N–H and O–H groups in total. The molecule has 0 aliphatic rings. The van der Waals surface area contributed by atoms with Crippen molar-refractivity contribution < 1.29 is 17.6 Å². The number of carbonyl (C=O) groups is 1. The summed E-state index contributed by atoms with van der Waals surface area (Å²) in [6.45, 7) is 2.99. The maximum atomic E-state index is 14.2. The van der Waals surface area contributed by atoms with Gasteiger partial charge in [-0.15, -0.1) is 0 Å². The van der Waals surface area contributed by atoms with Gasteiger partial charge >= 0.3 is 0 Å². The van der Waals surface area contributed by atoms with E-state index in [0.29, 0.717) is 5.69 Å². The van der Waals surface area contributed by atoms with Crippen molar-refractivity contribution >= 4 is 21.6 Å². The Bertz CT molecular complexity index is 1150. The highest BCUT2D eigenvalue weighted by atomic mass is 32.2. The summed E-state index contributed by atoms with van der Waals surface area (Å²) in [5, 5.41) is 2.73. The molecule has 3 aromatic carbocycles. The molecule has 0 saturated carbocycles. The molecule has 0 spiro atoms. The van der Waals surface area contributed by atoms with Crippen LogP contribution < -0.4 is 5.32 Å². The molecule has 3 rings (SSSR count). The fourth-order valence-electron chi connectivity index (χ4n) is 2.96. The van der Waals surface area contributed by atoms with Crippen molar-refractivity contribution in [2.45, 2.75) is 25.3 Å². The molecule has 0 fully saturated rings. The number of hydrogen-bond acceptors (Lipinski definition) is 3. The van der Waals surface area contributed by atoms with Crippen LogP contribution in [0.25, 0.3) is 0 Å². The first kappa shape index (κ1) is 21.7. The third-order valence-electron chi connectivity index (χ3n) is 4.70. The summed E-state index contributed by atoms with van der Waals surface area (Å²) in [7, 11) is -4.02. The van der Waals surface area contributed by atoms with Gasteiger partial charge in [0.2, 0.25) is 15.9 Å². The number of sulfonamides is 1. The fraction of sp³-hybridized carbons (Fsp3) is 0.174. The van der Waals surface area contributed by atoms with Gasteiger partial charge in [-0.25, -0.2) is 12.8 Å². The van der Waals surface area contributed by atoms with Gasteiger partial charge in [0.15, 0.2) is 0 Å². The fourth-order valence-corrected chi connectivity index (χ4v) is 4.34. The van der Waals surface area contributed by atoms with Gasteiger partial charge in [-0.1, -0.05) is 54.1 Å². The van der Waals surface area contributed by atoms with Crippen LogP contribution in [0.4, 0.5) is 10.1 Å². The van der Waals surface area contributed by atoms with E-state index in [-0.39, 0.29) is 17.0 Å². The first-order valence-corrected chi connectivity index (χ1v) is 10.9. The molecule has 156 valence electrons. The first-order chi connectivity index (χ1) is 14.3. The summed E-state index contributed by atoms with van der Waals surface area (Å²) in [4.78, 5) is 12.7. The minimum Gasteiger partial charge on any atom is -0.325 e. The van der Waals surface area contributed by atoms with Crippen LogP contribution >= 0.6 is 0 Å². The van der Waals surface area contributed by atoms with Crippen molar-refractivity contribution in [2.24, 2.45) is 0 Å². The van der Waals surface area contributed by atoms with Gasteiger partial charge in [0, 0.05) is 17.8 Å². The summed E-state index contributed by atoms with van der Waals surface area (Å²) < 4.78 is 41.7. The minimum atomic E-state index is -4.02. The lowest BCUT2D eigenvalue weighted by Gasteiger charge is -2.22. The Morgan fingerprint density at radius 2 is 1.57 bits per heavy atom. The molecule has 0 aliphatic carbocycles. The Balaban J connectivity index is 1.91. The molecule has 30 heavy (non-hydrogen) atoms. The second-order valence-electron chi connectivity index (χ2n) is 7.04. The van der Waals surface area contributed by atoms with Gasteiger partial charge in [-0.05, 0) is 43.7 Å². The van der Waals surface area contributed by atoms with Crippen LogP contribution in [0.3, 0.4) is 0 Å². The molecule has 0 unspecified atom stereocenters. The summed E-state index contributed by atoms with van der Waals surface area (Å²) in [5.41, 5.74) is 2.55. The summed E-state index contributed by atoms with van der Waals surface area (Å²) in [6.07, 6.45) is 0. The molecule has 5 nitrogen and oxygen atoms in total. The third-order valence-corrected chi connectivity index (χ3v) is 6.51. The van der Waals surface area contributed by atoms with Gasteiger partial charge in [0.25, 0.3) is 0 Å². The number of halogens is 1. The summed E-state index contributed by atoms with van der Waals surface area (Å²) in [6, 6.07) is 19.5. The van der Waals surface area contributed by atoms with Gasteiger partial charge in [0.1, 0.15) is 5.82 Å². The summed E-state index contributed by atoms with van der Waals surface area (Å²) >= 11 is 0. The lowest BCUT2D eigenvalue weighted by atomic mass is 10.2. The van der Waals surface area contributed by atoms with E-state index in [0.717, 1.165) is 15.4 Å². The van der Waals surface area contributed by atoms with E-state index in [2.05, 4.69) is 5.32 Å². The van der Waals surface area contributed by atoms with Crippen LogP contribution in [0.5, 0.6) is 0 Å². The average molecular weight is 427 g/mol. The SMILES string of the molecule is Cc1ccc(S(=O)(=O)N(CC(=O)Nc2ccccc2C)Cc2ccccc2F)cc1. The number of anilines is 1. The summed E-state index contributed by atoms with van der Waals surface area (Å²) in [5.74, 6) is -1.03. The molecular weight excluding hydrogens is 403 g/mol. The van der Waals surface area contributed by atoms with E-state index in [1.807, 2.05) is 26.0 Å². The van der Waals surface area contributed by atoms with Crippen LogP contribution in [0, 0.1) is 19.7 Å². The van der Waals surface area contributed by atoms with Gasteiger partial charge in [0.05, 0.1) is 11.4 Å². The van der Waals surface area contributed by atoms with E-state index in [1.54, 1.807) is 30.3 Å². The minimum absolute atomic E-state index is 0.0492. The van der Waals surface area contributed by atoms with E-state index in [4.69, 9.17) is 0 Å². The molecule has 0 bridgehead atoms. The number of rotatable bonds is 7. The molecule has 0 saturated heterocycles. The number of hydrogen-bond donors (Lipinski definition) is 1. The van der Waals surface area contributed by atoms with Gasteiger partial charge < -0.3 is 5.32 Å². The zero-order valence-electron chi connectivity index (χ0n) is 16.8. The molecular formula is C23H23FN2O3S. The predicted molar refractivity (Wildman–Crippen MR) is 115 cm³/mol. The lowest BCUT2D eigenvalue weighted by molar-refractivity contribution is -0.116. The quantitative estimate of drug-likeness (QED) is 0.614. The van der Waals surface area contributed by atoms with Crippen LogP contribution in [0.2, 0.25) is 0 Å². The molecule has 0 heterocycles. The maximum Gasteiger partial charge on any atom is 0.243 e. The number of nitrogens with zero attached hydrogens (tertiary/aromatic N) is 1. The first-order valence-electron chi connectivity index (χ1n) is 9.43. The zero-order valence-corrected chi connectivity index (χ0v) is 17.6. The Labute approximate surface area is 176 Å². The standard InChI is InChI=1S/C23H23FN2O3S/c1-17-11-13-20(14-12-17)30(28,29)26(15-19-8-4-5-9-21(19)24)16-23(27)25-22-10-6-3-7-18(22)2/h3-14H,15-16H2,1-2H3,(H,25,27). The Hall–Kier alpha value is -3.03. The van der Waals surface area contributed by atoms with Crippen LogP contribution in [0.1, 0.15) is 16.7 Å². The highest BCUT2D eigenvalue weighted by Gasteiger charge is 2.27. The van der Waals surface area contributed by atoms with E-state index in [9.17, 15) is 17.6 Å². The second kappa shape index (κ2) is 9.19. The lowest BCUT2D eigenvalue weighted by Crippen LogP contribution is -2.37. The topological polar surface area (TPSA) is 66.5 Å². The molecule has 1 amide bonds. The molecule has 7 heteroatoms.